The lowest BCUT2D eigenvalue weighted by molar-refractivity contribution is -0.146. The van der Waals surface area contributed by atoms with Gasteiger partial charge in [0.05, 0.1) is 13.2 Å². The van der Waals surface area contributed by atoms with E-state index in [4.69, 9.17) is 9.15 Å². The van der Waals surface area contributed by atoms with Crippen molar-refractivity contribution in [3.63, 3.8) is 0 Å². The molecular weight excluding hydrogens is 376 g/mol. The Morgan fingerprint density at radius 2 is 1.69 bits per heavy atom. The van der Waals surface area contributed by atoms with Crippen molar-refractivity contribution >= 4 is 17.8 Å². The van der Waals surface area contributed by atoms with Gasteiger partial charge in [-0.05, 0) is 30.5 Å². The molecule has 0 aliphatic rings. The largest absolute Gasteiger partial charge is 0.480 e. The number of hydrogen-bond donors (Lipinski definition) is 3. The molecule has 0 aliphatic carbocycles. The lowest BCUT2D eigenvalue weighted by atomic mass is 9.99. The number of aliphatic carboxylic acids is 1. The molecule has 1 heterocycles. The second-order valence-electron chi connectivity index (χ2n) is 6.98. The van der Waals surface area contributed by atoms with Gasteiger partial charge < -0.3 is 19.6 Å². The first kappa shape index (κ1) is 22.2. The van der Waals surface area contributed by atoms with Crippen molar-refractivity contribution in [3.8, 4) is 0 Å². The van der Waals surface area contributed by atoms with Crippen LogP contribution in [0.4, 0.5) is 0 Å². The van der Waals surface area contributed by atoms with Crippen molar-refractivity contribution < 1.29 is 28.6 Å². The van der Waals surface area contributed by atoms with Gasteiger partial charge in [-0.25, -0.2) is 4.79 Å². The number of hydrogen-bond acceptors (Lipinski definition) is 6. The van der Waals surface area contributed by atoms with E-state index in [1.807, 2.05) is 0 Å². The fraction of sp³-hybridized carbons (Fsp3) is 0.381. The first-order chi connectivity index (χ1) is 13.7. The number of methoxy groups -OCH3 is 1. The monoisotopic (exact) mass is 402 g/mol. The summed E-state index contributed by atoms with van der Waals surface area (Å²) in [5, 5.41) is 15.2. The first-order valence-electron chi connectivity index (χ1n) is 9.23. The highest BCUT2D eigenvalue weighted by Gasteiger charge is 2.33. The average molecular weight is 402 g/mol. The summed E-state index contributed by atoms with van der Waals surface area (Å²) in [7, 11) is 1.21. The van der Waals surface area contributed by atoms with Crippen LogP contribution in [0.5, 0.6) is 0 Å². The molecule has 1 aromatic carbocycles. The van der Waals surface area contributed by atoms with Gasteiger partial charge in [0.25, 0.3) is 0 Å². The number of benzene rings is 1. The fourth-order valence-electron chi connectivity index (χ4n) is 2.91. The maximum absolute atomic E-state index is 13.0. The van der Waals surface area contributed by atoms with Gasteiger partial charge in [-0.15, -0.1) is 0 Å². The number of rotatable bonds is 9. The summed E-state index contributed by atoms with van der Waals surface area (Å²) in [5.41, 5.74) is 0.518. The molecular formula is C21H26N2O6. The van der Waals surface area contributed by atoms with E-state index >= 15 is 0 Å². The third-order valence-corrected chi connectivity index (χ3v) is 4.44. The Balaban J connectivity index is 2.25. The van der Waals surface area contributed by atoms with Crippen molar-refractivity contribution in [1.82, 2.24) is 10.6 Å². The molecule has 2 unspecified atom stereocenters. The zero-order valence-corrected chi connectivity index (χ0v) is 16.8. The molecule has 156 valence electrons. The summed E-state index contributed by atoms with van der Waals surface area (Å²) >= 11 is 0. The minimum absolute atomic E-state index is 0.239. The molecule has 1 aromatic heterocycles. The van der Waals surface area contributed by atoms with Crippen molar-refractivity contribution in [3.05, 3.63) is 59.5 Å². The van der Waals surface area contributed by atoms with Crippen LogP contribution in [0.2, 0.25) is 0 Å². The summed E-state index contributed by atoms with van der Waals surface area (Å²) in [6.45, 7) is 5.28. The second kappa shape index (κ2) is 9.88. The summed E-state index contributed by atoms with van der Waals surface area (Å²) in [6, 6.07) is 8.73. The summed E-state index contributed by atoms with van der Waals surface area (Å²) in [5.74, 6) is -1.77. The zero-order valence-electron chi connectivity index (χ0n) is 16.8. The Morgan fingerprint density at radius 1 is 1.03 bits per heavy atom. The number of amides is 1. The molecule has 2 aromatic rings. The number of ether oxygens (including phenoxy) is 1. The predicted molar refractivity (Wildman–Crippen MR) is 105 cm³/mol. The molecule has 0 radical (unpaired) electrons. The molecule has 0 spiro atoms. The summed E-state index contributed by atoms with van der Waals surface area (Å²) < 4.78 is 10.2. The maximum Gasteiger partial charge on any atom is 0.336 e. The quantitative estimate of drug-likeness (QED) is 0.551. The van der Waals surface area contributed by atoms with Crippen LogP contribution in [0.1, 0.15) is 43.0 Å². The number of aryl methyl sites for hydroxylation is 1. The number of carbonyl (C=O) groups is 3. The third kappa shape index (κ3) is 5.68. The van der Waals surface area contributed by atoms with Gasteiger partial charge in [-0.1, -0.05) is 44.2 Å². The predicted octanol–water partition coefficient (Wildman–Crippen LogP) is 2.36. The van der Waals surface area contributed by atoms with Crippen LogP contribution in [0.3, 0.4) is 0 Å². The van der Waals surface area contributed by atoms with Crippen LogP contribution in [0.15, 0.2) is 46.9 Å². The van der Waals surface area contributed by atoms with Crippen LogP contribution in [-0.4, -0.2) is 36.1 Å². The highest BCUT2D eigenvalue weighted by Crippen LogP contribution is 2.20. The van der Waals surface area contributed by atoms with Crippen LogP contribution < -0.4 is 10.6 Å². The number of carboxylic acids is 1. The minimum atomic E-state index is -1.13. The Bertz CT molecular complexity index is 846. The van der Waals surface area contributed by atoms with E-state index in [-0.39, 0.29) is 11.7 Å². The topological polar surface area (TPSA) is 118 Å². The highest BCUT2D eigenvalue weighted by atomic mass is 16.5. The highest BCUT2D eigenvalue weighted by molar-refractivity contribution is 5.88. The lowest BCUT2D eigenvalue weighted by Gasteiger charge is -2.27. The van der Waals surface area contributed by atoms with Gasteiger partial charge in [0.2, 0.25) is 5.91 Å². The van der Waals surface area contributed by atoms with Gasteiger partial charge in [0.1, 0.15) is 17.6 Å². The van der Waals surface area contributed by atoms with E-state index in [2.05, 4.69) is 10.6 Å². The van der Waals surface area contributed by atoms with Crippen molar-refractivity contribution in [2.24, 2.45) is 5.92 Å². The average Bonchev–Trinajstić information content (AvgIpc) is 3.12. The van der Waals surface area contributed by atoms with Gasteiger partial charge in [-0.3, -0.25) is 14.9 Å². The Labute approximate surface area is 169 Å². The minimum Gasteiger partial charge on any atom is -0.480 e. The van der Waals surface area contributed by atoms with E-state index in [9.17, 15) is 19.5 Å². The molecule has 2 rings (SSSR count). The van der Waals surface area contributed by atoms with Crippen LogP contribution in [0, 0.1) is 12.8 Å². The normalized spacial score (nSPS) is 14.1. The number of carboxylic acid groups (broad SMARTS) is 1. The molecule has 0 saturated carbocycles. The van der Waals surface area contributed by atoms with E-state index in [1.54, 1.807) is 63.2 Å². The number of furan rings is 1. The Kier molecular flexibility index (Phi) is 7.55. The van der Waals surface area contributed by atoms with Gasteiger partial charge >= 0.3 is 11.9 Å². The van der Waals surface area contributed by atoms with Crippen LogP contribution in [-0.2, 0) is 19.1 Å². The van der Waals surface area contributed by atoms with Crippen molar-refractivity contribution in [1.29, 1.82) is 0 Å². The molecule has 29 heavy (non-hydrogen) atoms. The number of esters is 1. The van der Waals surface area contributed by atoms with E-state index < -0.39 is 36.0 Å². The Hall–Kier alpha value is -3.13. The molecule has 0 aliphatic heterocycles. The fourth-order valence-corrected chi connectivity index (χ4v) is 2.91. The maximum atomic E-state index is 13.0. The van der Waals surface area contributed by atoms with E-state index in [1.165, 1.54) is 7.11 Å². The van der Waals surface area contributed by atoms with Gasteiger partial charge in [-0.2, -0.15) is 0 Å². The molecule has 0 fully saturated rings. The molecule has 3 atom stereocenters. The SMILES string of the molecule is COC(=O)C(NC(=O)[C@@H](NC(C(=O)O)c1ccccc1)C(C)C)c1ccc(C)o1. The second-order valence-corrected chi connectivity index (χ2v) is 6.98. The Morgan fingerprint density at radius 3 is 2.17 bits per heavy atom. The summed E-state index contributed by atoms with van der Waals surface area (Å²) in [6.07, 6.45) is 0. The molecule has 8 heteroatoms. The van der Waals surface area contributed by atoms with Gasteiger partial charge in [0.15, 0.2) is 6.04 Å². The zero-order chi connectivity index (χ0) is 21.6. The van der Waals surface area contributed by atoms with Crippen molar-refractivity contribution in [2.75, 3.05) is 7.11 Å². The number of nitrogens with one attached hydrogen (secondary N) is 2. The first-order valence-corrected chi connectivity index (χ1v) is 9.23. The van der Waals surface area contributed by atoms with E-state index in [0.29, 0.717) is 11.3 Å². The smallest absolute Gasteiger partial charge is 0.336 e. The lowest BCUT2D eigenvalue weighted by Crippen LogP contribution is -2.51. The third-order valence-electron chi connectivity index (χ3n) is 4.44. The van der Waals surface area contributed by atoms with E-state index in [0.717, 1.165) is 0 Å². The molecule has 0 saturated heterocycles. The molecule has 1 amide bonds. The molecule has 8 nitrogen and oxygen atoms in total. The molecule has 3 N–H and O–H groups in total. The summed E-state index contributed by atoms with van der Waals surface area (Å²) in [4.78, 5) is 37.0. The molecule has 0 bridgehead atoms. The number of carbonyl (C=O) groups excluding carboxylic acids is 2. The van der Waals surface area contributed by atoms with Crippen LogP contribution in [0.25, 0.3) is 0 Å². The van der Waals surface area contributed by atoms with Gasteiger partial charge in [0, 0.05) is 0 Å². The van der Waals surface area contributed by atoms with Crippen LogP contribution >= 0.6 is 0 Å². The van der Waals surface area contributed by atoms with Crippen molar-refractivity contribution in [2.45, 2.75) is 38.9 Å². The standard InChI is InChI=1S/C21H26N2O6/c1-12(2)16(22-17(20(25)26)14-8-6-5-7-9-14)19(24)23-18(21(27)28-4)15-11-10-13(3)29-15/h5-12,16-18,22H,1-4H3,(H,23,24)(H,25,26)/t16-,17?,18?/m0/s1.